The van der Waals surface area contributed by atoms with Gasteiger partial charge in [0.05, 0.1) is 0 Å². The van der Waals surface area contributed by atoms with Gasteiger partial charge in [-0.1, -0.05) is 19.3 Å². The van der Waals surface area contributed by atoms with Gasteiger partial charge >= 0.3 is 0 Å². The molecule has 0 aromatic carbocycles. The molecule has 1 unspecified atom stereocenters. The SMILES string of the molecule is CC1CNCCN1CC1CCCCC1. The lowest BCUT2D eigenvalue weighted by Crippen LogP contribution is -2.51. The molecule has 2 rings (SSSR count). The molecule has 0 aromatic rings. The molecule has 0 bridgehead atoms. The highest BCUT2D eigenvalue weighted by molar-refractivity contribution is 4.79. The van der Waals surface area contributed by atoms with Gasteiger partial charge in [0.2, 0.25) is 0 Å². The molecular weight excluding hydrogens is 172 g/mol. The van der Waals surface area contributed by atoms with E-state index in [1.54, 1.807) is 0 Å². The van der Waals surface area contributed by atoms with Crippen molar-refractivity contribution in [3.63, 3.8) is 0 Å². The second-order valence-corrected chi connectivity index (χ2v) is 5.05. The second kappa shape index (κ2) is 5.13. The summed E-state index contributed by atoms with van der Waals surface area (Å²) in [4.78, 5) is 2.69. The van der Waals surface area contributed by atoms with E-state index >= 15 is 0 Å². The van der Waals surface area contributed by atoms with Gasteiger partial charge in [0.25, 0.3) is 0 Å². The maximum absolute atomic E-state index is 3.46. The molecule has 82 valence electrons. The summed E-state index contributed by atoms with van der Waals surface area (Å²) < 4.78 is 0. The standard InChI is InChI=1S/C12H24N2/c1-11-9-13-7-8-14(11)10-12-5-3-2-4-6-12/h11-13H,2-10H2,1H3. The van der Waals surface area contributed by atoms with Crippen LogP contribution in [0.4, 0.5) is 0 Å². The zero-order valence-electron chi connectivity index (χ0n) is 9.47. The Morgan fingerprint density at radius 3 is 2.71 bits per heavy atom. The van der Waals surface area contributed by atoms with E-state index < -0.39 is 0 Å². The molecule has 1 aliphatic carbocycles. The molecule has 2 heteroatoms. The molecule has 1 heterocycles. The fourth-order valence-electron chi connectivity index (χ4n) is 2.86. The fraction of sp³-hybridized carbons (Fsp3) is 1.00. The van der Waals surface area contributed by atoms with Crippen LogP contribution in [0.2, 0.25) is 0 Å². The number of rotatable bonds is 2. The van der Waals surface area contributed by atoms with Crippen LogP contribution in [0, 0.1) is 5.92 Å². The maximum atomic E-state index is 3.46. The van der Waals surface area contributed by atoms with Crippen molar-refractivity contribution in [2.24, 2.45) is 5.92 Å². The Morgan fingerprint density at radius 2 is 2.00 bits per heavy atom. The third kappa shape index (κ3) is 2.71. The lowest BCUT2D eigenvalue weighted by Gasteiger charge is -2.37. The lowest BCUT2D eigenvalue weighted by molar-refractivity contribution is 0.133. The van der Waals surface area contributed by atoms with Crippen molar-refractivity contribution < 1.29 is 0 Å². The van der Waals surface area contributed by atoms with Gasteiger partial charge in [-0.3, -0.25) is 4.90 Å². The minimum atomic E-state index is 0.755. The lowest BCUT2D eigenvalue weighted by atomic mass is 9.88. The van der Waals surface area contributed by atoms with Crippen molar-refractivity contribution >= 4 is 0 Å². The minimum absolute atomic E-state index is 0.755. The predicted octanol–water partition coefficient (Wildman–Crippen LogP) is 1.86. The van der Waals surface area contributed by atoms with E-state index in [0.717, 1.165) is 12.0 Å². The van der Waals surface area contributed by atoms with E-state index in [1.807, 2.05) is 0 Å². The van der Waals surface area contributed by atoms with Crippen LogP contribution in [0.25, 0.3) is 0 Å². The van der Waals surface area contributed by atoms with Crippen molar-refractivity contribution in [2.75, 3.05) is 26.2 Å². The number of piperazine rings is 1. The van der Waals surface area contributed by atoms with Gasteiger partial charge in [0.15, 0.2) is 0 Å². The van der Waals surface area contributed by atoms with E-state index in [4.69, 9.17) is 0 Å². The highest BCUT2D eigenvalue weighted by atomic mass is 15.2. The summed E-state index contributed by atoms with van der Waals surface area (Å²) in [6.07, 6.45) is 7.40. The first-order valence-corrected chi connectivity index (χ1v) is 6.31. The average Bonchev–Trinajstić information content (AvgIpc) is 2.23. The molecule has 0 amide bonds. The van der Waals surface area contributed by atoms with Crippen molar-refractivity contribution in [1.29, 1.82) is 0 Å². The van der Waals surface area contributed by atoms with Gasteiger partial charge in [-0.05, 0) is 25.7 Å². The maximum Gasteiger partial charge on any atom is 0.0193 e. The van der Waals surface area contributed by atoms with Gasteiger partial charge in [-0.15, -0.1) is 0 Å². The molecule has 0 radical (unpaired) electrons. The van der Waals surface area contributed by atoms with Gasteiger partial charge < -0.3 is 5.32 Å². The van der Waals surface area contributed by atoms with Crippen molar-refractivity contribution in [1.82, 2.24) is 10.2 Å². The number of nitrogens with one attached hydrogen (secondary N) is 1. The summed E-state index contributed by atoms with van der Waals surface area (Å²) in [5, 5.41) is 3.46. The van der Waals surface area contributed by atoms with Crippen LogP contribution >= 0.6 is 0 Å². The monoisotopic (exact) mass is 196 g/mol. The molecule has 1 saturated carbocycles. The molecule has 2 aliphatic rings. The van der Waals surface area contributed by atoms with E-state index in [0.29, 0.717) is 0 Å². The molecule has 1 aliphatic heterocycles. The molecule has 2 nitrogen and oxygen atoms in total. The zero-order valence-corrected chi connectivity index (χ0v) is 9.47. The van der Waals surface area contributed by atoms with E-state index in [-0.39, 0.29) is 0 Å². The number of hydrogen-bond acceptors (Lipinski definition) is 2. The van der Waals surface area contributed by atoms with Gasteiger partial charge in [-0.25, -0.2) is 0 Å². The van der Waals surface area contributed by atoms with E-state index in [1.165, 1.54) is 58.3 Å². The van der Waals surface area contributed by atoms with Crippen LogP contribution in [0.15, 0.2) is 0 Å². The highest BCUT2D eigenvalue weighted by Gasteiger charge is 2.22. The molecular formula is C12H24N2. The van der Waals surface area contributed by atoms with Gasteiger partial charge in [0.1, 0.15) is 0 Å². The Labute approximate surface area is 88.1 Å². The van der Waals surface area contributed by atoms with Crippen molar-refractivity contribution in [3.8, 4) is 0 Å². The smallest absolute Gasteiger partial charge is 0.0193 e. The Morgan fingerprint density at radius 1 is 1.21 bits per heavy atom. The Bertz CT molecular complexity index is 164. The Balaban J connectivity index is 1.76. The molecule has 2 fully saturated rings. The molecule has 0 aromatic heterocycles. The summed E-state index contributed by atoms with van der Waals surface area (Å²) in [6.45, 7) is 7.36. The van der Waals surface area contributed by atoms with Crippen LogP contribution in [0.1, 0.15) is 39.0 Å². The molecule has 1 saturated heterocycles. The van der Waals surface area contributed by atoms with Crippen LogP contribution in [0.5, 0.6) is 0 Å². The average molecular weight is 196 g/mol. The summed E-state index contributed by atoms with van der Waals surface area (Å²) in [5.41, 5.74) is 0. The second-order valence-electron chi connectivity index (χ2n) is 5.05. The fourth-order valence-corrected chi connectivity index (χ4v) is 2.86. The largest absolute Gasteiger partial charge is 0.314 e. The molecule has 1 N–H and O–H groups in total. The van der Waals surface area contributed by atoms with Gasteiger partial charge in [-0.2, -0.15) is 0 Å². The minimum Gasteiger partial charge on any atom is -0.314 e. The first-order valence-electron chi connectivity index (χ1n) is 6.31. The van der Waals surface area contributed by atoms with Crippen LogP contribution in [-0.2, 0) is 0 Å². The first kappa shape index (κ1) is 10.4. The van der Waals surface area contributed by atoms with Crippen LogP contribution in [0.3, 0.4) is 0 Å². The summed E-state index contributed by atoms with van der Waals surface area (Å²) >= 11 is 0. The summed E-state index contributed by atoms with van der Waals surface area (Å²) in [5.74, 6) is 1.00. The van der Waals surface area contributed by atoms with Crippen LogP contribution in [-0.4, -0.2) is 37.1 Å². The third-order valence-electron chi connectivity index (χ3n) is 3.86. The zero-order chi connectivity index (χ0) is 9.80. The van der Waals surface area contributed by atoms with Gasteiger partial charge in [0, 0.05) is 32.2 Å². The molecule has 0 spiro atoms. The van der Waals surface area contributed by atoms with E-state index in [9.17, 15) is 0 Å². The highest BCUT2D eigenvalue weighted by Crippen LogP contribution is 2.25. The summed E-state index contributed by atoms with van der Waals surface area (Å²) in [7, 11) is 0. The Hall–Kier alpha value is -0.0800. The first-order chi connectivity index (χ1) is 6.86. The summed E-state index contributed by atoms with van der Waals surface area (Å²) in [6, 6.07) is 0.755. The predicted molar refractivity (Wildman–Crippen MR) is 60.5 cm³/mol. The third-order valence-corrected chi connectivity index (χ3v) is 3.86. The normalized spacial score (nSPS) is 31.9. The molecule has 1 atom stereocenters. The molecule has 14 heavy (non-hydrogen) atoms. The number of nitrogens with zero attached hydrogens (tertiary/aromatic N) is 1. The quantitative estimate of drug-likeness (QED) is 0.725. The van der Waals surface area contributed by atoms with Crippen molar-refractivity contribution in [3.05, 3.63) is 0 Å². The van der Waals surface area contributed by atoms with Crippen molar-refractivity contribution in [2.45, 2.75) is 45.1 Å². The number of hydrogen-bond donors (Lipinski definition) is 1. The van der Waals surface area contributed by atoms with Crippen LogP contribution < -0.4 is 5.32 Å². The Kier molecular flexibility index (Phi) is 3.82. The topological polar surface area (TPSA) is 15.3 Å². The van der Waals surface area contributed by atoms with E-state index in [2.05, 4.69) is 17.1 Å².